The first-order chi connectivity index (χ1) is 9.31. The molecule has 0 aliphatic rings. The fraction of sp³-hybridized carbons (Fsp3) is 0.500. The van der Waals surface area contributed by atoms with Gasteiger partial charge in [-0.05, 0) is 18.7 Å². The van der Waals surface area contributed by atoms with Crippen LogP contribution in [0.2, 0.25) is 0 Å². The van der Waals surface area contributed by atoms with Gasteiger partial charge in [0.15, 0.2) is 0 Å². The van der Waals surface area contributed by atoms with Gasteiger partial charge in [0.05, 0.1) is 33.4 Å². The zero-order chi connectivity index (χ0) is 15.2. The van der Waals surface area contributed by atoms with E-state index < -0.39 is 0 Å². The lowest BCUT2D eigenvalue weighted by molar-refractivity contribution is -0.905. The fourth-order valence-corrected chi connectivity index (χ4v) is 1.45. The predicted molar refractivity (Wildman–Crippen MR) is 80.3 cm³/mol. The molecule has 0 spiro atoms. The van der Waals surface area contributed by atoms with Gasteiger partial charge in [-0.2, -0.15) is 5.43 Å². The molecule has 0 saturated heterocycles. The summed E-state index contributed by atoms with van der Waals surface area (Å²) >= 11 is 0. The van der Waals surface area contributed by atoms with Crippen LogP contribution in [0, 0.1) is 5.92 Å². The summed E-state index contributed by atoms with van der Waals surface area (Å²) in [5.41, 5.74) is 8.99. The molecular formula is C14H25N4O2+. The third-order valence-corrected chi connectivity index (χ3v) is 2.50. The van der Waals surface area contributed by atoms with Gasteiger partial charge in [0.2, 0.25) is 0 Å². The van der Waals surface area contributed by atoms with Gasteiger partial charge in [-0.25, -0.2) is 9.39 Å². The van der Waals surface area contributed by atoms with Crippen molar-refractivity contribution in [3.05, 3.63) is 24.3 Å². The lowest BCUT2D eigenvalue weighted by atomic mass is 10.2. The van der Waals surface area contributed by atoms with E-state index in [1.54, 1.807) is 6.07 Å². The van der Waals surface area contributed by atoms with Crippen LogP contribution in [0.15, 0.2) is 24.3 Å². The van der Waals surface area contributed by atoms with Crippen molar-refractivity contribution in [1.29, 1.82) is 0 Å². The largest absolute Gasteiger partial charge is 0.491 e. The zero-order valence-corrected chi connectivity index (χ0v) is 12.6. The van der Waals surface area contributed by atoms with Gasteiger partial charge >= 0.3 is 6.03 Å². The maximum Gasteiger partial charge on any atom is 0.363 e. The van der Waals surface area contributed by atoms with Crippen LogP contribution in [0.5, 0.6) is 5.75 Å². The van der Waals surface area contributed by atoms with Crippen LogP contribution < -0.4 is 21.2 Å². The number of ether oxygens (including phenoxy) is 1. The van der Waals surface area contributed by atoms with E-state index in [9.17, 15) is 4.79 Å². The number of nitrogens with two attached hydrogens (primary N) is 1. The average Bonchev–Trinajstić information content (AvgIpc) is 2.35. The van der Waals surface area contributed by atoms with Crippen molar-refractivity contribution < 1.29 is 14.1 Å². The summed E-state index contributed by atoms with van der Waals surface area (Å²) in [7, 11) is 5.60. The topological polar surface area (TPSA) is 76.4 Å². The Morgan fingerprint density at radius 1 is 1.35 bits per heavy atom. The first kappa shape index (κ1) is 16.3. The van der Waals surface area contributed by atoms with Crippen LogP contribution in [0.4, 0.5) is 10.5 Å². The number of hydrogen-bond acceptors (Lipinski definition) is 3. The lowest BCUT2D eigenvalue weighted by Gasteiger charge is -2.24. The third kappa shape index (κ3) is 5.90. The standard InChI is InChI=1S/C14H24N4O2/c1-11(9-15)10-20-13-8-6-5-7-12(13)16-14(19)17-18(2,3)4/h5-8,11H,9-10,15H2,1-4H3,(H-,16,17,19)/p+1. The van der Waals surface area contributed by atoms with Crippen molar-refractivity contribution in [2.75, 3.05) is 39.6 Å². The van der Waals surface area contributed by atoms with Crippen LogP contribution in [-0.4, -0.2) is 44.9 Å². The normalized spacial score (nSPS) is 12.7. The quantitative estimate of drug-likeness (QED) is 0.545. The number of urea groups is 1. The van der Waals surface area contributed by atoms with Crippen molar-refractivity contribution in [2.24, 2.45) is 11.7 Å². The molecule has 0 bridgehead atoms. The number of carbonyl (C=O) groups is 1. The second kappa shape index (κ2) is 7.12. The molecule has 0 radical (unpaired) electrons. The molecule has 20 heavy (non-hydrogen) atoms. The van der Waals surface area contributed by atoms with E-state index in [1.165, 1.54) is 0 Å². The molecule has 1 aromatic rings. The number of nitrogens with zero attached hydrogens (tertiary/aromatic N) is 1. The van der Waals surface area contributed by atoms with E-state index in [4.69, 9.17) is 10.5 Å². The highest BCUT2D eigenvalue weighted by molar-refractivity contribution is 5.90. The van der Waals surface area contributed by atoms with Crippen LogP contribution in [0.1, 0.15) is 6.92 Å². The Kier molecular flexibility index (Phi) is 5.79. The minimum atomic E-state index is -0.277. The molecule has 1 unspecified atom stereocenters. The number of benzene rings is 1. The molecule has 6 nitrogen and oxygen atoms in total. The molecule has 1 aromatic carbocycles. The minimum absolute atomic E-state index is 0.267. The maximum atomic E-state index is 11.9. The summed E-state index contributed by atoms with van der Waals surface area (Å²) in [5, 5.41) is 2.79. The first-order valence-corrected chi connectivity index (χ1v) is 6.64. The number of amides is 2. The fourth-order valence-electron chi connectivity index (χ4n) is 1.45. The second-order valence-corrected chi connectivity index (χ2v) is 5.73. The van der Waals surface area contributed by atoms with Crippen LogP contribution in [0.25, 0.3) is 0 Å². The van der Waals surface area contributed by atoms with Crippen molar-refractivity contribution in [1.82, 2.24) is 5.43 Å². The van der Waals surface area contributed by atoms with E-state index in [2.05, 4.69) is 10.7 Å². The number of anilines is 1. The van der Waals surface area contributed by atoms with Crippen LogP contribution in [-0.2, 0) is 0 Å². The first-order valence-electron chi connectivity index (χ1n) is 6.64. The molecule has 2 amide bonds. The van der Waals surface area contributed by atoms with Gasteiger partial charge in [0, 0.05) is 5.92 Å². The number of para-hydroxylation sites is 2. The Hall–Kier alpha value is -1.79. The molecule has 0 aliphatic heterocycles. The summed E-state index contributed by atoms with van der Waals surface area (Å²) in [6.45, 7) is 3.10. The van der Waals surface area contributed by atoms with Gasteiger partial charge in [0.25, 0.3) is 0 Å². The lowest BCUT2D eigenvalue weighted by Crippen LogP contribution is -2.52. The van der Waals surface area contributed by atoms with E-state index in [0.717, 1.165) is 0 Å². The molecule has 0 fully saturated rings. The Balaban J connectivity index is 2.68. The molecule has 6 heteroatoms. The molecule has 112 valence electrons. The summed E-state index contributed by atoms with van der Waals surface area (Å²) < 4.78 is 6.03. The second-order valence-electron chi connectivity index (χ2n) is 5.73. The molecule has 4 N–H and O–H groups in total. The maximum absolute atomic E-state index is 11.9. The number of nitrogens with one attached hydrogen (secondary N) is 2. The highest BCUT2D eigenvalue weighted by atomic mass is 16.5. The van der Waals surface area contributed by atoms with Crippen molar-refractivity contribution in [3.63, 3.8) is 0 Å². The average molecular weight is 281 g/mol. The van der Waals surface area contributed by atoms with Gasteiger partial charge in [-0.15, -0.1) is 0 Å². The van der Waals surface area contributed by atoms with Crippen molar-refractivity contribution >= 4 is 11.7 Å². The Morgan fingerprint density at radius 3 is 2.60 bits per heavy atom. The number of quaternary nitrogens is 1. The van der Waals surface area contributed by atoms with Gasteiger partial charge in [-0.1, -0.05) is 19.1 Å². The van der Waals surface area contributed by atoms with Gasteiger partial charge < -0.3 is 15.8 Å². The predicted octanol–water partition coefficient (Wildman–Crippen LogP) is 1.40. The monoisotopic (exact) mass is 281 g/mol. The van der Waals surface area contributed by atoms with Crippen molar-refractivity contribution in [3.8, 4) is 5.75 Å². The number of hydrogen-bond donors (Lipinski definition) is 3. The van der Waals surface area contributed by atoms with Gasteiger partial charge in [0.1, 0.15) is 5.75 Å². The van der Waals surface area contributed by atoms with Crippen molar-refractivity contribution in [2.45, 2.75) is 6.92 Å². The Morgan fingerprint density at radius 2 is 2.00 bits per heavy atom. The highest BCUT2D eigenvalue weighted by Crippen LogP contribution is 2.24. The zero-order valence-electron chi connectivity index (χ0n) is 12.6. The number of rotatable bonds is 6. The number of carbonyl (C=O) groups excluding carboxylic acids is 1. The van der Waals surface area contributed by atoms with Crippen LogP contribution >= 0.6 is 0 Å². The summed E-state index contributed by atoms with van der Waals surface area (Å²) in [4.78, 5) is 11.9. The highest BCUT2D eigenvalue weighted by Gasteiger charge is 2.14. The molecule has 0 heterocycles. The minimum Gasteiger partial charge on any atom is -0.491 e. The summed E-state index contributed by atoms with van der Waals surface area (Å²) in [5.74, 6) is 0.910. The molecule has 0 saturated carbocycles. The molecule has 1 rings (SSSR count). The van der Waals surface area contributed by atoms with E-state index in [1.807, 2.05) is 46.3 Å². The Labute approximate surface area is 120 Å². The van der Waals surface area contributed by atoms with Crippen LogP contribution in [0.3, 0.4) is 0 Å². The molecule has 1 atom stereocenters. The molecular weight excluding hydrogens is 256 g/mol. The third-order valence-electron chi connectivity index (χ3n) is 2.50. The SMILES string of the molecule is CC(CN)COc1ccccc1NC(=O)N[N+](C)(C)C. The smallest absolute Gasteiger partial charge is 0.363 e. The summed E-state index contributed by atoms with van der Waals surface area (Å²) in [6.07, 6.45) is 0. The van der Waals surface area contributed by atoms with Gasteiger partial charge in [-0.3, -0.25) is 0 Å². The van der Waals surface area contributed by atoms with E-state index in [-0.39, 0.29) is 11.9 Å². The molecule has 0 aromatic heterocycles. The van der Waals surface area contributed by atoms with E-state index >= 15 is 0 Å². The van der Waals surface area contributed by atoms with E-state index in [0.29, 0.717) is 29.2 Å². The molecule has 0 aliphatic carbocycles. The Bertz CT molecular complexity index is 443. The summed E-state index contributed by atoms with van der Waals surface area (Å²) in [6, 6.07) is 7.06.